The first-order chi connectivity index (χ1) is 12.5. The van der Waals surface area contributed by atoms with Crippen molar-refractivity contribution in [3.8, 4) is 9.75 Å². The first-order valence-corrected chi connectivity index (χ1v) is 22.3. The van der Waals surface area contributed by atoms with Crippen LogP contribution in [0.5, 0.6) is 0 Å². The molecular weight excluding hydrogens is 459 g/mol. The van der Waals surface area contributed by atoms with Crippen molar-refractivity contribution >= 4 is 43.9 Å². The van der Waals surface area contributed by atoms with Gasteiger partial charge in [-0.3, -0.25) is 0 Å². The van der Waals surface area contributed by atoms with Crippen LogP contribution < -0.4 is 2.89 Å². The van der Waals surface area contributed by atoms with E-state index in [1.165, 1.54) is 69.1 Å². The van der Waals surface area contributed by atoms with Crippen molar-refractivity contribution in [2.24, 2.45) is 0 Å². The van der Waals surface area contributed by atoms with Crippen LogP contribution in [-0.4, -0.2) is 18.4 Å². The molecule has 0 nitrogen and oxygen atoms in total. The van der Waals surface area contributed by atoms with E-state index in [1.807, 2.05) is 11.3 Å². The summed E-state index contributed by atoms with van der Waals surface area (Å²) in [5.74, 6) is 0. The SMILES string of the molecule is CCCCCCc1csc(-c2s[c]([Sn]([CH3])([CH3])[CH3])cc2CCCCCC)c1. The van der Waals surface area contributed by atoms with Crippen LogP contribution in [0.3, 0.4) is 0 Å². The summed E-state index contributed by atoms with van der Waals surface area (Å²) in [6.07, 6.45) is 13.4. The predicted molar refractivity (Wildman–Crippen MR) is 126 cm³/mol. The Morgan fingerprint density at radius 3 is 2.08 bits per heavy atom. The topological polar surface area (TPSA) is 0 Å². The molecule has 0 aromatic carbocycles. The molecule has 0 saturated carbocycles. The average Bonchev–Trinajstić information content (AvgIpc) is 3.22. The van der Waals surface area contributed by atoms with Crippen molar-refractivity contribution in [2.75, 3.05) is 0 Å². The van der Waals surface area contributed by atoms with Gasteiger partial charge in [0.2, 0.25) is 0 Å². The molecule has 0 spiro atoms. The second-order valence-electron chi connectivity index (χ2n) is 8.66. The Labute approximate surface area is 174 Å². The van der Waals surface area contributed by atoms with Crippen LogP contribution >= 0.6 is 22.7 Å². The number of unbranched alkanes of at least 4 members (excludes halogenated alkanes) is 6. The molecule has 2 aromatic heterocycles. The van der Waals surface area contributed by atoms with Gasteiger partial charge in [0.25, 0.3) is 0 Å². The number of aryl methyl sites for hydroxylation is 2. The molecule has 146 valence electrons. The third kappa shape index (κ3) is 6.98. The Hall–Kier alpha value is 0.199. The summed E-state index contributed by atoms with van der Waals surface area (Å²) in [5, 5.41) is 2.42. The summed E-state index contributed by atoms with van der Waals surface area (Å²) in [7, 11) is 0. The number of thiophene rings is 2. The van der Waals surface area contributed by atoms with Gasteiger partial charge in [0, 0.05) is 0 Å². The van der Waals surface area contributed by atoms with Gasteiger partial charge < -0.3 is 0 Å². The molecule has 0 radical (unpaired) electrons. The Morgan fingerprint density at radius 1 is 0.808 bits per heavy atom. The van der Waals surface area contributed by atoms with E-state index in [2.05, 4.69) is 57.5 Å². The molecular formula is C23H38S2Sn. The van der Waals surface area contributed by atoms with Gasteiger partial charge in [-0.2, -0.15) is 0 Å². The van der Waals surface area contributed by atoms with E-state index in [0.29, 0.717) is 0 Å². The maximum atomic E-state index is 2.60. The number of rotatable bonds is 12. The molecule has 0 unspecified atom stereocenters. The summed E-state index contributed by atoms with van der Waals surface area (Å²) in [6, 6.07) is 5.10. The summed E-state index contributed by atoms with van der Waals surface area (Å²) >= 11 is 2.12. The van der Waals surface area contributed by atoms with Gasteiger partial charge >= 0.3 is 175 Å². The van der Waals surface area contributed by atoms with Crippen LogP contribution in [0.15, 0.2) is 17.5 Å². The second kappa shape index (κ2) is 11.3. The molecule has 0 amide bonds. The molecule has 0 saturated heterocycles. The van der Waals surface area contributed by atoms with Gasteiger partial charge in [-0.05, 0) is 0 Å². The fourth-order valence-corrected chi connectivity index (χ4v) is 10.9. The van der Waals surface area contributed by atoms with Crippen LogP contribution in [0, 0.1) is 0 Å². The standard InChI is InChI=1S/C20H29S2.3CH3.Sn/c1-3-5-7-9-11-17-15-19(22-16-17)20-18(13-14-21-20)12-10-8-6-4-2;;;;/h13,15-16H,3-12H2,1-2H3;3*1H3;. The summed E-state index contributed by atoms with van der Waals surface area (Å²) < 4.78 is 1.75. The normalized spacial score (nSPS) is 12.0. The van der Waals surface area contributed by atoms with E-state index < -0.39 is 18.4 Å². The molecule has 0 aliphatic rings. The van der Waals surface area contributed by atoms with Crippen LogP contribution in [0.2, 0.25) is 14.8 Å². The monoisotopic (exact) mass is 498 g/mol. The Morgan fingerprint density at radius 2 is 1.46 bits per heavy atom. The first kappa shape index (κ1) is 22.5. The molecule has 3 heteroatoms. The summed E-state index contributed by atoms with van der Waals surface area (Å²) in [5.41, 5.74) is 3.21. The third-order valence-corrected chi connectivity index (χ3v) is 16.8. The van der Waals surface area contributed by atoms with E-state index in [-0.39, 0.29) is 0 Å². The Balaban J connectivity index is 2.12. The molecule has 26 heavy (non-hydrogen) atoms. The summed E-state index contributed by atoms with van der Waals surface area (Å²) in [4.78, 5) is 10.8. The van der Waals surface area contributed by atoms with Crippen molar-refractivity contribution in [3.63, 3.8) is 0 Å². The van der Waals surface area contributed by atoms with Crippen molar-refractivity contribution in [1.82, 2.24) is 0 Å². The van der Waals surface area contributed by atoms with Crippen LogP contribution in [0.1, 0.15) is 76.3 Å². The Bertz CT molecular complexity index is 645. The van der Waals surface area contributed by atoms with Crippen molar-refractivity contribution in [3.05, 3.63) is 28.6 Å². The molecule has 0 fully saturated rings. The second-order valence-corrected chi connectivity index (χ2v) is 26.0. The van der Waals surface area contributed by atoms with Gasteiger partial charge in [-0.25, -0.2) is 0 Å². The third-order valence-electron chi connectivity index (χ3n) is 5.04. The molecule has 0 N–H and O–H groups in total. The average molecular weight is 497 g/mol. The zero-order valence-electron chi connectivity index (χ0n) is 17.6. The quantitative estimate of drug-likeness (QED) is 0.205. The predicted octanol–water partition coefficient (Wildman–Crippen LogP) is 8.27. The molecule has 0 aliphatic carbocycles. The fraction of sp³-hybridized carbons (Fsp3) is 0.652. The fourth-order valence-electron chi connectivity index (χ4n) is 3.32. The van der Waals surface area contributed by atoms with E-state index >= 15 is 0 Å². The minimum atomic E-state index is -1.99. The molecule has 2 aromatic rings. The van der Waals surface area contributed by atoms with E-state index in [4.69, 9.17) is 0 Å². The van der Waals surface area contributed by atoms with Crippen molar-refractivity contribution < 1.29 is 0 Å². The Kier molecular flexibility index (Phi) is 9.74. The molecule has 2 rings (SSSR count). The van der Waals surface area contributed by atoms with Crippen LogP contribution in [0.4, 0.5) is 0 Å². The first-order valence-electron chi connectivity index (χ1n) is 10.7. The zero-order valence-corrected chi connectivity index (χ0v) is 22.1. The van der Waals surface area contributed by atoms with Gasteiger partial charge in [0.1, 0.15) is 0 Å². The molecule has 0 aliphatic heterocycles. The van der Waals surface area contributed by atoms with Crippen molar-refractivity contribution in [1.29, 1.82) is 0 Å². The van der Waals surface area contributed by atoms with Gasteiger partial charge in [-0.15, -0.1) is 0 Å². The van der Waals surface area contributed by atoms with E-state index in [1.54, 1.807) is 18.9 Å². The van der Waals surface area contributed by atoms with E-state index in [9.17, 15) is 0 Å². The minimum absolute atomic E-state index is 1.26. The van der Waals surface area contributed by atoms with Gasteiger partial charge in [0.15, 0.2) is 0 Å². The molecule has 0 atom stereocenters. The zero-order chi connectivity index (χ0) is 19.0. The number of hydrogen-bond acceptors (Lipinski definition) is 2. The molecule has 2 heterocycles. The van der Waals surface area contributed by atoms with Crippen molar-refractivity contribution in [2.45, 2.75) is 92.9 Å². The van der Waals surface area contributed by atoms with E-state index in [0.717, 1.165) is 0 Å². The number of hydrogen-bond donors (Lipinski definition) is 0. The van der Waals surface area contributed by atoms with Gasteiger partial charge in [0.05, 0.1) is 0 Å². The van der Waals surface area contributed by atoms with Crippen LogP contribution in [-0.2, 0) is 12.8 Å². The summed E-state index contributed by atoms with van der Waals surface area (Å²) in [6.45, 7) is 4.59. The van der Waals surface area contributed by atoms with Crippen LogP contribution in [0.25, 0.3) is 9.75 Å². The maximum absolute atomic E-state index is 2.60. The molecule has 0 bridgehead atoms. The van der Waals surface area contributed by atoms with Gasteiger partial charge in [-0.1, -0.05) is 0 Å².